The third-order valence-electron chi connectivity index (χ3n) is 2.22. The van der Waals surface area contributed by atoms with Crippen molar-refractivity contribution in [2.75, 3.05) is 5.01 Å². The molecule has 0 fully saturated rings. The number of rotatable bonds is 2. The van der Waals surface area contributed by atoms with Gasteiger partial charge >= 0.3 is 0 Å². The number of nitrogens with one attached hydrogen (secondary N) is 2. The van der Waals surface area contributed by atoms with Crippen molar-refractivity contribution in [3.63, 3.8) is 0 Å². The first-order valence-corrected chi connectivity index (χ1v) is 8.53. The molecule has 0 atom stereocenters. The fourth-order valence-corrected chi connectivity index (χ4v) is 2.75. The minimum absolute atomic E-state index is 1.11. The minimum Gasteiger partial charge on any atom is -0.247 e. The number of hydrogen-bond acceptors (Lipinski definition) is 4. The van der Waals surface area contributed by atoms with Crippen molar-refractivity contribution in [3.8, 4) is 0 Å². The maximum Gasteiger partial charge on any atom is 0.127 e. The first-order valence-electron chi connectivity index (χ1n) is 5.03. The number of hydrazine groups is 2. The van der Waals surface area contributed by atoms with Crippen molar-refractivity contribution in [1.82, 2.24) is 11.1 Å². The average Bonchev–Trinajstić information content (AvgIpc) is 2.67. The number of nitrogens with zero attached hydrogens (tertiary/aromatic N) is 2. The Balaban J connectivity index is 2.29. The zero-order valence-corrected chi connectivity index (χ0v) is 10.3. The fraction of sp³-hybridized carbons (Fsp3) is 0.300. The molecule has 0 unspecified atom stereocenters. The lowest BCUT2D eigenvalue weighted by Gasteiger charge is -2.25. The van der Waals surface area contributed by atoms with Crippen LogP contribution in [-0.4, -0.2) is 13.5 Å². The lowest BCUT2D eigenvalue weighted by Crippen LogP contribution is -2.50. The molecule has 80 valence electrons. The number of anilines is 1. The van der Waals surface area contributed by atoms with Gasteiger partial charge < -0.3 is 0 Å². The zero-order valence-electron chi connectivity index (χ0n) is 9.28. The van der Waals surface area contributed by atoms with Crippen molar-refractivity contribution >= 4 is 19.2 Å². The van der Waals surface area contributed by atoms with Gasteiger partial charge in [-0.1, -0.05) is 37.8 Å². The van der Waals surface area contributed by atoms with Gasteiger partial charge in [0.1, 0.15) is 13.5 Å². The van der Waals surface area contributed by atoms with Crippen LogP contribution >= 0.6 is 0 Å². The van der Waals surface area contributed by atoms with Crippen molar-refractivity contribution in [3.05, 3.63) is 30.3 Å². The van der Waals surface area contributed by atoms with Crippen LogP contribution in [0.15, 0.2) is 35.4 Å². The number of benzene rings is 1. The predicted octanol–water partition coefficient (Wildman–Crippen LogP) is 1.71. The predicted molar refractivity (Wildman–Crippen MR) is 66.0 cm³/mol. The molecule has 0 amide bonds. The lowest BCUT2D eigenvalue weighted by atomic mass is 10.3. The first-order chi connectivity index (χ1) is 7.09. The van der Waals surface area contributed by atoms with Crippen LogP contribution in [-0.2, 0) is 0 Å². The van der Waals surface area contributed by atoms with Crippen molar-refractivity contribution in [2.24, 2.45) is 5.10 Å². The average molecular weight is 220 g/mol. The molecule has 0 radical (unpaired) electrons. The number of para-hydroxylation sites is 1. The van der Waals surface area contributed by atoms with E-state index in [-0.39, 0.29) is 0 Å². The highest BCUT2D eigenvalue weighted by atomic mass is 28.3. The highest BCUT2D eigenvalue weighted by Gasteiger charge is 2.31. The Hall–Kier alpha value is -1.33. The van der Waals surface area contributed by atoms with E-state index in [2.05, 4.69) is 47.9 Å². The van der Waals surface area contributed by atoms with Gasteiger partial charge in [-0.3, -0.25) is 0 Å². The van der Waals surface area contributed by atoms with Crippen molar-refractivity contribution in [2.45, 2.75) is 19.6 Å². The van der Waals surface area contributed by atoms with E-state index in [1.165, 1.54) is 0 Å². The van der Waals surface area contributed by atoms with E-state index in [0.717, 1.165) is 11.1 Å². The molecule has 2 rings (SSSR count). The molecule has 0 bridgehead atoms. The van der Waals surface area contributed by atoms with E-state index < -0.39 is 8.07 Å². The summed E-state index contributed by atoms with van der Waals surface area (Å²) in [6.45, 7) is 6.82. The maximum absolute atomic E-state index is 4.31. The van der Waals surface area contributed by atoms with Crippen molar-refractivity contribution < 1.29 is 0 Å². The molecule has 0 spiro atoms. The van der Waals surface area contributed by atoms with Crippen LogP contribution in [0.4, 0.5) is 5.69 Å². The summed E-state index contributed by atoms with van der Waals surface area (Å²) in [7, 11) is -1.42. The van der Waals surface area contributed by atoms with E-state index in [1.54, 1.807) is 0 Å². The maximum atomic E-state index is 4.31. The van der Waals surface area contributed by atoms with Gasteiger partial charge in [-0.05, 0) is 12.1 Å². The quantitative estimate of drug-likeness (QED) is 0.745. The monoisotopic (exact) mass is 220 g/mol. The number of hydrogen-bond donors (Lipinski definition) is 2. The topological polar surface area (TPSA) is 39.7 Å². The Kier molecular flexibility index (Phi) is 2.50. The molecule has 0 saturated carbocycles. The van der Waals surface area contributed by atoms with Crippen LogP contribution in [0.2, 0.25) is 19.6 Å². The SMILES string of the molecule is C[Si](C)(C)C1=NNNN1c1ccccc1. The Labute approximate surface area is 90.9 Å². The van der Waals surface area contributed by atoms with Crippen LogP contribution in [0, 0.1) is 0 Å². The second-order valence-corrected chi connectivity index (χ2v) is 9.53. The van der Waals surface area contributed by atoms with Crippen LogP contribution in [0.25, 0.3) is 0 Å². The van der Waals surface area contributed by atoms with Crippen molar-refractivity contribution in [1.29, 1.82) is 0 Å². The molecular formula is C10H16N4Si. The second kappa shape index (κ2) is 3.67. The van der Waals surface area contributed by atoms with Gasteiger partial charge in [0.05, 0.1) is 5.69 Å². The molecule has 5 heteroatoms. The van der Waals surface area contributed by atoms with Crippen LogP contribution in [0.3, 0.4) is 0 Å². The standard InChI is InChI=1S/C10H16N4Si/c1-15(2,3)10-11-12-13-14(10)9-7-5-4-6-8-9/h4-8,12-13H,1-3H3. The Morgan fingerprint density at radius 3 is 2.40 bits per heavy atom. The molecular weight excluding hydrogens is 204 g/mol. The molecule has 0 saturated heterocycles. The van der Waals surface area contributed by atoms with Crippen LogP contribution in [0.1, 0.15) is 0 Å². The Morgan fingerprint density at radius 1 is 1.13 bits per heavy atom. The molecule has 4 nitrogen and oxygen atoms in total. The van der Waals surface area contributed by atoms with E-state index in [1.807, 2.05) is 23.2 Å². The molecule has 2 N–H and O–H groups in total. The first kappa shape index (κ1) is 10.2. The van der Waals surface area contributed by atoms with E-state index >= 15 is 0 Å². The van der Waals surface area contributed by atoms with Gasteiger partial charge in [0.15, 0.2) is 0 Å². The van der Waals surface area contributed by atoms with Gasteiger partial charge in [-0.25, -0.2) is 10.5 Å². The van der Waals surface area contributed by atoms with Crippen LogP contribution in [0.5, 0.6) is 0 Å². The zero-order chi connectivity index (χ0) is 10.9. The third kappa shape index (κ3) is 2.03. The van der Waals surface area contributed by atoms with Gasteiger partial charge in [0.2, 0.25) is 0 Å². The molecule has 0 aromatic heterocycles. The summed E-state index contributed by atoms with van der Waals surface area (Å²) >= 11 is 0. The normalized spacial score (nSPS) is 16.2. The summed E-state index contributed by atoms with van der Waals surface area (Å²) < 4.78 is 0. The van der Waals surface area contributed by atoms with E-state index in [4.69, 9.17) is 0 Å². The number of hydrazone groups is 1. The molecule has 1 aromatic carbocycles. The lowest BCUT2D eigenvalue weighted by molar-refractivity contribution is 0.623. The molecule has 1 aromatic rings. The second-order valence-electron chi connectivity index (χ2n) is 4.58. The summed E-state index contributed by atoms with van der Waals surface area (Å²) in [4.78, 5) is 0. The summed E-state index contributed by atoms with van der Waals surface area (Å²) in [5.41, 5.74) is 8.10. The van der Waals surface area contributed by atoms with E-state index in [0.29, 0.717) is 0 Å². The molecule has 1 aliphatic rings. The molecule has 0 aliphatic carbocycles. The summed E-state index contributed by atoms with van der Waals surface area (Å²) in [5.74, 6) is 0. The highest BCUT2D eigenvalue weighted by Crippen LogP contribution is 2.18. The fourth-order valence-electron chi connectivity index (χ4n) is 1.50. The summed E-state index contributed by atoms with van der Waals surface area (Å²) in [5, 5.41) is 6.33. The minimum atomic E-state index is -1.42. The van der Waals surface area contributed by atoms with Gasteiger partial charge in [0.25, 0.3) is 0 Å². The molecule has 1 aliphatic heterocycles. The summed E-state index contributed by atoms with van der Waals surface area (Å²) in [6.07, 6.45) is 0. The largest absolute Gasteiger partial charge is 0.247 e. The molecule has 1 heterocycles. The van der Waals surface area contributed by atoms with Crippen LogP contribution < -0.4 is 16.1 Å². The summed E-state index contributed by atoms with van der Waals surface area (Å²) in [6, 6.07) is 10.2. The smallest absolute Gasteiger partial charge is 0.127 e. The Bertz CT molecular complexity index is 369. The van der Waals surface area contributed by atoms with E-state index in [9.17, 15) is 0 Å². The molecule has 15 heavy (non-hydrogen) atoms. The third-order valence-corrected chi connectivity index (χ3v) is 3.90. The van der Waals surface area contributed by atoms with Gasteiger partial charge in [0, 0.05) is 0 Å². The highest BCUT2D eigenvalue weighted by molar-refractivity contribution is 7.05. The van der Waals surface area contributed by atoms with Gasteiger partial charge in [-0.15, -0.1) is 5.53 Å². The number of amidine groups is 1. The van der Waals surface area contributed by atoms with Gasteiger partial charge in [-0.2, -0.15) is 5.10 Å². The Morgan fingerprint density at radius 2 is 1.80 bits per heavy atom.